The van der Waals surface area contributed by atoms with E-state index in [0.29, 0.717) is 0 Å². The van der Waals surface area contributed by atoms with Crippen LogP contribution in [0, 0.1) is 0 Å². The monoisotopic (exact) mass is 206 g/mol. The molecule has 1 aromatic heterocycles. The zero-order chi connectivity index (χ0) is 10.7. The summed E-state index contributed by atoms with van der Waals surface area (Å²) in [6.07, 6.45) is 3.76. The van der Waals surface area contributed by atoms with Crippen LogP contribution in [-0.2, 0) is 0 Å². The minimum Gasteiger partial charge on any atom is -0.385 e. The molecule has 2 atom stereocenters. The number of nitrogens with zero attached hydrogens (tertiary/aromatic N) is 2. The second-order valence-corrected chi connectivity index (χ2v) is 4.18. The molecule has 1 saturated heterocycles. The summed E-state index contributed by atoms with van der Waals surface area (Å²) in [5.41, 5.74) is 0.775. The molecule has 0 spiro atoms. The van der Waals surface area contributed by atoms with Gasteiger partial charge in [-0.05, 0) is 45.0 Å². The first-order valence-electron chi connectivity index (χ1n) is 5.62. The number of aliphatic hydroxyl groups is 1. The number of hydrogen-bond acceptors (Lipinski definition) is 3. The minimum atomic E-state index is -0.468. The maximum atomic E-state index is 10.1. The van der Waals surface area contributed by atoms with Crippen molar-refractivity contribution in [3.63, 3.8) is 0 Å². The summed E-state index contributed by atoms with van der Waals surface area (Å²) in [7, 11) is 0. The van der Waals surface area contributed by atoms with Gasteiger partial charge in [0.1, 0.15) is 6.10 Å². The molecule has 0 saturated carbocycles. The van der Waals surface area contributed by atoms with E-state index in [1.807, 2.05) is 18.2 Å². The Bertz CT molecular complexity index is 296. The molecule has 2 heterocycles. The normalized spacial score (nSPS) is 21.5. The highest BCUT2D eigenvalue weighted by Gasteiger charge is 2.25. The molecule has 0 radical (unpaired) electrons. The lowest BCUT2D eigenvalue weighted by Gasteiger charge is -2.27. The van der Waals surface area contributed by atoms with Gasteiger partial charge < -0.3 is 5.11 Å². The Morgan fingerprint density at radius 1 is 1.33 bits per heavy atom. The number of hydrogen-bond donors (Lipinski definition) is 1. The molecule has 1 aliphatic rings. The second-order valence-electron chi connectivity index (χ2n) is 4.18. The van der Waals surface area contributed by atoms with E-state index in [-0.39, 0.29) is 6.04 Å². The quantitative estimate of drug-likeness (QED) is 0.816. The van der Waals surface area contributed by atoms with Crippen molar-refractivity contribution in [1.82, 2.24) is 9.88 Å². The van der Waals surface area contributed by atoms with E-state index in [1.165, 1.54) is 12.8 Å². The van der Waals surface area contributed by atoms with E-state index >= 15 is 0 Å². The van der Waals surface area contributed by atoms with E-state index in [0.717, 1.165) is 18.8 Å². The van der Waals surface area contributed by atoms with Crippen molar-refractivity contribution in [2.45, 2.75) is 31.9 Å². The first-order chi connectivity index (χ1) is 7.29. The molecule has 1 N–H and O–H groups in total. The van der Waals surface area contributed by atoms with Crippen molar-refractivity contribution in [2.75, 3.05) is 13.1 Å². The summed E-state index contributed by atoms with van der Waals surface area (Å²) in [5, 5.41) is 10.1. The third-order valence-electron chi connectivity index (χ3n) is 3.16. The van der Waals surface area contributed by atoms with Crippen molar-refractivity contribution in [2.24, 2.45) is 0 Å². The molecule has 0 bridgehead atoms. The van der Waals surface area contributed by atoms with Crippen LogP contribution in [-0.4, -0.2) is 34.1 Å². The van der Waals surface area contributed by atoms with Crippen LogP contribution in [0.2, 0.25) is 0 Å². The molecule has 3 heteroatoms. The Morgan fingerprint density at radius 3 is 2.67 bits per heavy atom. The second kappa shape index (κ2) is 4.73. The van der Waals surface area contributed by atoms with Crippen molar-refractivity contribution in [1.29, 1.82) is 0 Å². The van der Waals surface area contributed by atoms with E-state index in [4.69, 9.17) is 0 Å². The Kier molecular flexibility index (Phi) is 3.34. The zero-order valence-electron chi connectivity index (χ0n) is 9.13. The highest BCUT2D eigenvalue weighted by atomic mass is 16.3. The molecule has 1 aromatic rings. The molecule has 0 amide bonds. The molecule has 1 fully saturated rings. The first-order valence-corrected chi connectivity index (χ1v) is 5.62. The van der Waals surface area contributed by atoms with Crippen molar-refractivity contribution in [3.8, 4) is 0 Å². The third kappa shape index (κ3) is 2.36. The van der Waals surface area contributed by atoms with Crippen LogP contribution in [0.15, 0.2) is 24.4 Å². The smallest absolute Gasteiger partial charge is 0.111 e. The Labute approximate surface area is 90.8 Å². The summed E-state index contributed by atoms with van der Waals surface area (Å²) >= 11 is 0. The number of likely N-dealkylation sites (tertiary alicyclic amines) is 1. The molecule has 3 nitrogen and oxygen atoms in total. The Balaban J connectivity index is 2.03. The van der Waals surface area contributed by atoms with Gasteiger partial charge in [0.15, 0.2) is 0 Å². The van der Waals surface area contributed by atoms with Gasteiger partial charge in [-0.1, -0.05) is 6.07 Å². The summed E-state index contributed by atoms with van der Waals surface area (Å²) in [6, 6.07) is 5.85. The minimum absolute atomic E-state index is 0.169. The number of rotatable bonds is 3. The molecule has 82 valence electrons. The van der Waals surface area contributed by atoms with Gasteiger partial charge in [-0.15, -0.1) is 0 Å². The number of aromatic nitrogens is 1. The SMILES string of the molecule is C[C@H]([C@@H](O)c1ccccn1)N1CCCC1. The van der Waals surface area contributed by atoms with E-state index in [9.17, 15) is 5.11 Å². The maximum absolute atomic E-state index is 10.1. The molecular formula is C12H18N2O. The fourth-order valence-electron chi connectivity index (χ4n) is 2.15. The van der Waals surface area contributed by atoms with Crippen molar-refractivity contribution < 1.29 is 5.11 Å². The van der Waals surface area contributed by atoms with Gasteiger partial charge in [0.05, 0.1) is 5.69 Å². The molecule has 0 aliphatic carbocycles. The summed E-state index contributed by atoms with van der Waals surface area (Å²) in [4.78, 5) is 6.53. The van der Waals surface area contributed by atoms with Gasteiger partial charge in [-0.2, -0.15) is 0 Å². The van der Waals surface area contributed by atoms with Crippen LogP contribution in [0.1, 0.15) is 31.6 Å². The standard InChI is InChI=1S/C12H18N2O/c1-10(14-8-4-5-9-14)12(15)11-6-2-3-7-13-11/h2-3,6-7,10,12,15H,4-5,8-9H2,1H3/t10-,12-/m1/s1. The fourth-order valence-corrected chi connectivity index (χ4v) is 2.15. The van der Waals surface area contributed by atoms with Crippen LogP contribution in [0.5, 0.6) is 0 Å². The summed E-state index contributed by atoms with van der Waals surface area (Å²) < 4.78 is 0. The van der Waals surface area contributed by atoms with Gasteiger partial charge in [0.25, 0.3) is 0 Å². The Hall–Kier alpha value is -0.930. The van der Waals surface area contributed by atoms with Crippen LogP contribution in [0.4, 0.5) is 0 Å². The van der Waals surface area contributed by atoms with Crippen molar-refractivity contribution >= 4 is 0 Å². The van der Waals surface area contributed by atoms with Gasteiger partial charge in [0.2, 0.25) is 0 Å². The van der Waals surface area contributed by atoms with Crippen LogP contribution in [0.3, 0.4) is 0 Å². The predicted molar refractivity (Wildman–Crippen MR) is 59.5 cm³/mol. The lowest BCUT2D eigenvalue weighted by molar-refractivity contribution is 0.0684. The highest BCUT2D eigenvalue weighted by Crippen LogP contribution is 2.22. The van der Waals surface area contributed by atoms with Gasteiger partial charge >= 0.3 is 0 Å². The average molecular weight is 206 g/mol. The largest absolute Gasteiger partial charge is 0.385 e. The third-order valence-corrected chi connectivity index (χ3v) is 3.16. The van der Waals surface area contributed by atoms with Crippen molar-refractivity contribution in [3.05, 3.63) is 30.1 Å². The summed E-state index contributed by atoms with van der Waals surface area (Å²) in [6.45, 7) is 4.28. The van der Waals surface area contributed by atoms with E-state index in [2.05, 4.69) is 16.8 Å². The maximum Gasteiger partial charge on any atom is 0.111 e. The first kappa shape index (κ1) is 10.6. The fraction of sp³-hybridized carbons (Fsp3) is 0.583. The lowest BCUT2D eigenvalue weighted by Crippen LogP contribution is -2.35. The van der Waals surface area contributed by atoms with Crippen LogP contribution < -0.4 is 0 Å². The summed E-state index contributed by atoms with van der Waals surface area (Å²) in [5.74, 6) is 0. The molecule has 15 heavy (non-hydrogen) atoms. The van der Waals surface area contributed by atoms with Crippen LogP contribution >= 0.6 is 0 Å². The topological polar surface area (TPSA) is 36.4 Å². The lowest BCUT2D eigenvalue weighted by atomic mass is 10.1. The number of aliphatic hydroxyl groups excluding tert-OH is 1. The molecular weight excluding hydrogens is 188 g/mol. The molecule has 0 unspecified atom stereocenters. The molecule has 0 aromatic carbocycles. The molecule has 1 aliphatic heterocycles. The highest BCUT2D eigenvalue weighted by molar-refractivity contribution is 5.08. The predicted octanol–water partition coefficient (Wildman–Crippen LogP) is 1.60. The van der Waals surface area contributed by atoms with E-state index in [1.54, 1.807) is 6.20 Å². The van der Waals surface area contributed by atoms with Gasteiger partial charge in [-0.3, -0.25) is 9.88 Å². The Morgan fingerprint density at radius 2 is 2.07 bits per heavy atom. The average Bonchev–Trinajstić information content (AvgIpc) is 2.82. The van der Waals surface area contributed by atoms with Crippen LogP contribution in [0.25, 0.3) is 0 Å². The van der Waals surface area contributed by atoms with E-state index < -0.39 is 6.10 Å². The zero-order valence-corrected chi connectivity index (χ0v) is 9.13. The molecule has 2 rings (SSSR count). The van der Waals surface area contributed by atoms with Gasteiger partial charge in [0, 0.05) is 12.2 Å². The van der Waals surface area contributed by atoms with Gasteiger partial charge in [-0.25, -0.2) is 0 Å². The number of pyridine rings is 1.